The van der Waals surface area contributed by atoms with Crippen molar-refractivity contribution in [2.45, 2.75) is 44.6 Å². The van der Waals surface area contributed by atoms with Crippen LogP contribution >= 0.6 is 34.5 Å². The predicted molar refractivity (Wildman–Crippen MR) is 95.3 cm³/mol. The summed E-state index contributed by atoms with van der Waals surface area (Å²) >= 11 is 14.0. The molecule has 1 N–H and O–H groups in total. The van der Waals surface area contributed by atoms with E-state index in [0.29, 0.717) is 15.6 Å². The van der Waals surface area contributed by atoms with E-state index >= 15 is 0 Å². The Morgan fingerprint density at radius 1 is 1.30 bits per heavy atom. The van der Waals surface area contributed by atoms with Gasteiger partial charge in [-0.05, 0) is 37.5 Å². The molecule has 1 heterocycles. The number of benzene rings is 1. The summed E-state index contributed by atoms with van der Waals surface area (Å²) in [7, 11) is 0. The first-order valence-electron chi connectivity index (χ1n) is 7.67. The Morgan fingerprint density at radius 2 is 1.96 bits per heavy atom. The van der Waals surface area contributed by atoms with Crippen molar-refractivity contribution in [3.8, 4) is 0 Å². The zero-order valence-corrected chi connectivity index (χ0v) is 15.2. The van der Waals surface area contributed by atoms with E-state index in [9.17, 15) is 4.79 Å². The number of amides is 1. The van der Waals surface area contributed by atoms with E-state index < -0.39 is 0 Å². The fourth-order valence-corrected chi connectivity index (χ4v) is 4.66. The topological polar surface area (TPSA) is 42.0 Å². The Kier molecular flexibility index (Phi) is 4.95. The first-order chi connectivity index (χ1) is 11.0. The van der Waals surface area contributed by atoms with Gasteiger partial charge in [0.2, 0.25) is 5.91 Å². The van der Waals surface area contributed by atoms with Gasteiger partial charge in [-0.15, -0.1) is 11.3 Å². The summed E-state index contributed by atoms with van der Waals surface area (Å²) in [6.45, 7) is 1.98. The second-order valence-corrected chi connectivity index (χ2v) is 7.68. The second kappa shape index (κ2) is 6.80. The number of carbonyl (C=O) groups is 1. The van der Waals surface area contributed by atoms with Gasteiger partial charge in [0, 0.05) is 21.1 Å². The van der Waals surface area contributed by atoms with Gasteiger partial charge in [-0.25, -0.2) is 4.98 Å². The van der Waals surface area contributed by atoms with E-state index in [-0.39, 0.29) is 17.9 Å². The number of thiazole rings is 1. The van der Waals surface area contributed by atoms with Crippen LogP contribution < -0.4 is 5.32 Å². The Balaban J connectivity index is 1.80. The molecule has 2 aromatic rings. The first kappa shape index (κ1) is 16.7. The summed E-state index contributed by atoms with van der Waals surface area (Å²) in [5, 5.41) is 7.31. The molecule has 1 aromatic heterocycles. The summed E-state index contributed by atoms with van der Waals surface area (Å²) < 4.78 is 0. The average molecular weight is 369 g/mol. The average Bonchev–Trinajstić information content (AvgIpc) is 3.13. The van der Waals surface area contributed by atoms with E-state index in [0.717, 1.165) is 36.4 Å². The van der Waals surface area contributed by atoms with Crippen molar-refractivity contribution in [1.29, 1.82) is 0 Å². The van der Waals surface area contributed by atoms with E-state index in [2.05, 4.69) is 10.3 Å². The van der Waals surface area contributed by atoms with E-state index in [1.54, 1.807) is 29.5 Å². The molecule has 3 rings (SSSR count). The summed E-state index contributed by atoms with van der Waals surface area (Å²) in [6, 6.07) is 5.29. The quantitative estimate of drug-likeness (QED) is 0.834. The smallest absolute Gasteiger partial charge is 0.225 e. The maximum atomic E-state index is 12.6. The molecule has 3 nitrogen and oxygen atoms in total. The number of carbonyl (C=O) groups excluding carboxylic acids is 1. The Bertz CT molecular complexity index is 703. The Labute approximate surface area is 150 Å². The van der Waals surface area contributed by atoms with Gasteiger partial charge in [0.15, 0.2) is 0 Å². The van der Waals surface area contributed by atoms with Gasteiger partial charge in [-0.3, -0.25) is 4.79 Å². The van der Waals surface area contributed by atoms with Gasteiger partial charge >= 0.3 is 0 Å². The molecule has 1 fully saturated rings. The minimum atomic E-state index is -0.330. The fourth-order valence-electron chi connectivity index (χ4n) is 3.12. The molecule has 1 aromatic carbocycles. The van der Waals surface area contributed by atoms with Crippen molar-refractivity contribution in [1.82, 2.24) is 10.3 Å². The maximum absolute atomic E-state index is 12.6. The molecule has 23 heavy (non-hydrogen) atoms. The number of aromatic nitrogens is 1. The van der Waals surface area contributed by atoms with E-state index in [4.69, 9.17) is 23.2 Å². The van der Waals surface area contributed by atoms with Crippen LogP contribution in [0.15, 0.2) is 23.6 Å². The third-order valence-corrected chi connectivity index (χ3v) is 6.14. The molecule has 1 saturated carbocycles. The monoisotopic (exact) mass is 368 g/mol. The van der Waals surface area contributed by atoms with Gasteiger partial charge in [-0.1, -0.05) is 42.1 Å². The summed E-state index contributed by atoms with van der Waals surface area (Å²) in [6.07, 6.45) is 4.26. The lowest BCUT2D eigenvalue weighted by Gasteiger charge is -2.28. The van der Waals surface area contributed by atoms with Gasteiger partial charge in [0.1, 0.15) is 5.01 Å². The molecule has 0 bridgehead atoms. The number of nitrogens with zero attached hydrogens (tertiary/aromatic N) is 1. The lowest BCUT2D eigenvalue weighted by molar-refractivity contribution is -0.122. The fraction of sp³-hybridized carbons (Fsp3) is 0.412. The Hall–Kier alpha value is -1.10. The number of halogens is 2. The SMILES string of the molecule is Cc1csc(C2(NC(=O)Cc3c(Cl)cccc3Cl)CCCC2)n1. The molecule has 6 heteroatoms. The number of hydrogen-bond acceptors (Lipinski definition) is 3. The lowest BCUT2D eigenvalue weighted by Crippen LogP contribution is -2.44. The van der Waals surface area contributed by atoms with Gasteiger partial charge in [-0.2, -0.15) is 0 Å². The number of hydrogen-bond donors (Lipinski definition) is 1. The van der Waals surface area contributed by atoms with Crippen molar-refractivity contribution in [3.63, 3.8) is 0 Å². The molecule has 1 aliphatic carbocycles. The summed E-state index contributed by atoms with van der Waals surface area (Å²) in [5.74, 6) is -0.0604. The normalized spacial score (nSPS) is 16.5. The molecule has 0 unspecified atom stereocenters. The van der Waals surface area contributed by atoms with Crippen molar-refractivity contribution in [3.05, 3.63) is 49.9 Å². The third-order valence-electron chi connectivity index (χ3n) is 4.26. The molecule has 1 aliphatic rings. The molecule has 0 radical (unpaired) electrons. The van der Waals surface area contributed by atoms with Crippen LogP contribution in [0.25, 0.3) is 0 Å². The van der Waals surface area contributed by atoms with Crippen LogP contribution in [0, 0.1) is 6.92 Å². The standard InChI is InChI=1S/C17H18Cl2N2OS/c1-11-10-23-16(20-11)17(7-2-3-8-17)21-15(22)9-12-13(18)5-4-6-14(12)19/h4-6,10H,2-3,7-9H2,1H3,(H,21,22). The van der Waals surface area contributed by atoms with Crippen LogP contribution in [-0.2, 0) is 16.8 Å². The van der Waals surface area contributed by atoms with Crippen molar-refractivity contribution >= 4 is 40.4 Å². The summed E-state index contributed by atoms with van der Waals surface area (Å²) in [4.78, 5) is 17.2. The van der Waals surface area contributed by atoms with E-state index in [1.807, 2.05) is 12.3 Å². The molecule has 0 aliphatic heterocycles. The number of rotatable bonds is 4. The van der Waals surface area contributed by atoms with Crippen LogP contribution in [0.4, 0.5) is 0 Å². The van der Waals surface area contributed by atoms with Crippen LogP contribution in [0.5, 0.6) is 0 Å². The zero-order valence-electron chi connectivity index (χ0n) is 12.9. The van der Waals surface area contributed by atoms with Crippen LogP contribution in [0.1, 0.15) is 41.9 Å². The molecule has 0 saturated heterocycles. The van der Waals surface area contributed by atoms with Crippen LogP contribution in [0.2, 0.25) is 10.0 Å². The van der Waals surface area contributed by atoms with Crippen molar-refractivity contribution in [2.24, 2.45) is 0 Å². The first-order valence-corrected chi connectivity index (χ1v) is 9.30. The minimum Gasteiger partial charge on any atom is -0.344 e. The largest absolute Gasteiger partial charge is 0.344 e. The highest BCUT2D eigenvalue weighted by atomic mass is 35.5. The second-order valence-electron chi connectivity index (χ2n) is 6.01. The highest BCUT2D eigenvalue weighted by molar-refractivity contribution is 7.09. The van der Waals surface area contributed by atoms with Gasteiger partial charge < -0.3 is 5.32 Å². The highest BCUT2D eigenvalue weighted by Gasteiger charge is 2.39. The molecule has 0 spiro atoms. The zero-order chi connectivity index (χ0) is 16.4. The predicted octanol–water partition coefficient (Wildman–Crippen LogP) is 4.89. The third kappa shape index (κ3) is 3.54. The molecular formula is C17H18Cl2N2OS. The number of aryl methyl sites for hydroxylation is 1. The molecule has 1 amide bonds. The molecule has 0 atom stereocenters. The van der Waals surface area contributed by atoms with Gasteiger partial charge in [0.05, 0.1) is 12.0 Å². The van der Waals surface area contributed by atoms with E-state index in [1.165, 1.54) is 0 Å². The molecule has 122 valence electrons. The lowest BCUT2D eigenvalue weighted by atomic mass is 9.97. The van der Waals surface area contributed by atoms with Crippen LogP contribution in [0.3, 0.4) is 0 Å². The van der Waals surface area contributed by atoms with Crippen molar-refractivity contribution < 1.29 is 4.79 Å². The van der Waals surface area contributed by atoms with Gasteiger partial charge in [0.25, 0.3) is 0 Å². The van der Waals surface area contributed by atoms with Crippen LogP contribution in [-0.4, -0.2) is 10.9 Å². The van der Waals surface area contributed by atoms with Crippen molar-refractivity contribution in [2.75, 3.05) is 0 Å². The summed E-state index contributed by atoms with van der Waals surface area (Å²) in [5.41, 5.74) is 1.35. The molecular weight excluding hydrogens is 351 g/mol. The Morgan fingerprint density at radius 3 is 2.52 bits per heavy atom. The maximum Gasteiger partial charge on any atom is 0.225 e. The number of nitrogens with one attached hydrogen (secondary N) is 1. The highest BCUT2D eigenvalue weighted by Crippen LogP contribution is 2.40. The minimum absolute atomic E-state index is 0.0604.